The zero-order chi connectivity index (χ0) is 26.5. The van der Waals surface area contributed by atoms with Crippen molar-refractivity contribution in [3.05, 3.63) is 144 Å². The van der Waals surface area contributed by atoms with Gasteiger partial charge in [0.15, 0.2) is 0 Å². The number of hydrogen-bond acceptors (Lipinski definition) is 3. The summed E-state index contributed by atoms with van der Waals surface area (Å²) >= 11 is 0. The first-order chi connectivity index (χ1) is 18.5. The van der Waals surface area contributed by atoms with Crippen molar-refractivity contribution in [2.24, 2.45) is 5.10 Å². The van der Waals surface area contributed by atoms with Crippen molar-refractivity contribution in [3.8, 4) is 5.69 Å². The number of carbonyl (C=O) groups excluding carboxylic acids is 1. The summed E-state index contributed by atoms with van der Waals surface area (Å²) in [5.41, 5.74) is 9.55. The van der Waals surface area contributed by atoms with E-state index in [1.807, 2.05) is 79.1 Å². The molecule has 1 heterocycles. The monoisotopic (exact) mass is 502 g/mol. The molecular weight excluding hydrogens is 475 g/mol. The van der Waals surface area contributed by atoms with Crippen molar-refractivity contribution < 1.29 is 9.18 Å². The first kappa shape index (κ1) is 24.7. The molecule has 0 aliphatic carbocycles. The lowest BCUT2D eigenvalue weighted by atomic mass is 10.1. The van der Waals surface area contributed by atoms with Crippen LogP contribution in [0.25, 0.3) is 5.69 Å². The number of nitrogens with one attached hydrogen (secondary N) is 1. The van der Waals surface area contributed by atoms with Crippen LogP contribution in [0.2, 0.25) is 0 Å². The molecular formula is C32H27FN4O. The highest BCUT2D eigenvalue weighted by Gasteiger charge is 2.16. The number of anilines is 3. The van der Waals surface area contributed by atoms with Gasteiger partial charge in [-0.1, -0.05) is 48.5 Å². The zero-order valence-electron chi connectivity index (χ0n) is 21.2. The van der Waals surface area contributed by atoms with Crippen LogP contribution in [0.1, 0.15) is 27.3 Å². The second-order valence-corrected chi connectivity index (χ2v) is 8.89. The summed E-state index contributed by atoms with van der Waals surface area (Å²) in [4.78, 5) is 15.0. The van der Waals surface area contributed by atoms with E-state index in [9.17, 15) is 9.18 Å². The Morgan fingerprint density at radius 3 is 1.92 bits per heavy atom. The molecule has 188 valence electrons. The minimum atomic E-state index is -0.307. The van der Waals surface area contributed by atoms with Crippen LogP contribution in [0.4, 0.5) is 21.5 Å². The molecule has 0 aliphatic heterocycles. The number of hydrazone groups is 1. The second kappa shape index (κ2) is 11.0. The maximum absolute atomic E-state index is 13.3. The average Bonchev–Trinajstić information content (AvgIpc) is 3.25. The van der Waals surface area contributed by atoms with Crippen molar-refractivity contribution in [3.63, 3.8) is 0 Å². The lowest BCUT2D eigenvalue weighted by molar-refractivity contribution is 0.0954. The predicted molar refractivity (Wildman–Crippen MR) is 151 cm³/mol. The van der Waals surface area contributed by atoms with Gasteiger partial charge in [0.05, 0.1) is 11.8 Å². The number of nitrogens with zero attached hydrogens (tertiary/aromatic N) is 3. The quantitative estimate of drug-likeness (QED) is 0.185. The second-order valence-electron chi connectivity index (χ2n) is 8.89. The number of benzene rings is 4. The van der Waals surface area contributed by atoms with E-state index < -0.39 is 0 Å². The zero-order valence-corrected chi connectivity index (χ0v) is 21.2. The summed E-state index contributed by atoms with van der Waals surface area (Å²) < 4.78 is 15.3. The van der Waals surface area contributed by atoms with Crippen molar-refractivity contribution in [1.82, 2.24) is 9.99 Å². The third-order valence-corrected chi connectivity index (χ3v) is 6.32. The molecule has 0 spiro atoms. The van der Waals surface area contributed by atoms with Gasteiger partial charge in [-0.2, -0.15) is 5.10 Å². The Morgan fingerprint density at radius 2 is 1.34 bits per heavy atom. The Morgan fingerprint density at radius 1 is 0.789 bits per heavy atom. The SMILES string of the molecule is Cc1cc(C(=O)N/N=C/c2ccc(N(c3ccccc3)c3ccccc3)cc2)c(C)n1-c1ccc(F)cc1. The fourth-order valence-corrected chi connectivity index (χ4v) is 4.52. The van der Waals surface area contributed by atoms with Crippen molar-refractivity contribution in [1.29, 1.82) is 0 Å². The van der Waals surface area contributed by atoms with Crippen molar-refractivity contribution >= 4 is 29.2 Å². The Kier molecular flexibility index (Phi) is 7.13. The van der Waals surface area contributed by atoms with E-state index in [4.69, 9.17) is 0 Å². The Bertz CT molecular complexity index is 1520. The van der Waals surface area contributed by atoms with E-state index >= 15 is 0 Å². The lowest BCUT2D eigenvalue weighted by Gasteiger charge is -2.25. The number of aryl methyl sites for hydroxylation is 1. The third-order valence-electron chi connectivity index (χ3n) is 6.32. The molecule has 4 aromatic carbocycles. The average molecular weight is 503 g/mol. The first-order valence-corrected chi connectivity index (χ1v) is 12.3. The van der Waals surface area contributed by atoms with Gasteiger partial charge in [-0.25, -0.2) is 9.82 Å². The number of aromatic nitrogens is 1. The molecule has 1 N–H and O–H groups in total. The van der Waals surface area contributed by atoms with Crippen LogP contribution in [0.5, 0.6) is 0 Å². The van der Waals surface area contributed by atoms with Crippen LogP contribution in [0.15, 0.2) is 120 Å². The summed E-state index contributed by atoms with van der Waals surface area (Å²) in [7, 11) is 0. The number of halogens is 1. The molecule has 0 bridgehead atoms. The van der Waals surface area contributed by atoms with E-state index in [0.29, 0.717) is 5.56 Å². The molecule has 0 aliphatic rings. The minimum absolute atomic E-state index is 0.301. The molecule has 0 fully saturated rings. The van der Waals surface area contributed by atoms with E-state index in [1.165, 1.54) is 12.1 Å². The van der Waals surface area contributed by atoms with Crippen LogP contribution >= 0.6 is 0 Å². The normalized spacial score (nSPS) is 11.0. The fraction of sp³-hybridized carbons (Fsp3) is 0.0625. The smallest absolute Gasteiger partial charge is 0.273 e. The standard InChI is InChI=1S/C32H27FN4O/c1-23-21-31(24(2)36(23)29-19-15-26(33)16-20-29)32(38)35-34-22-25-13-17-30(18-14-25)37(27-9-5-3-6-10-27)28-11-7-4-8-12-28/h3-22H,1-2H3,(H,35,38)/b34-22+. The summed E-state index contributed by atoms with van der Waals surface area (Å²) in [6.45, 7) is 3.77. The van der Waals surface area contributed by atoms with Crippen molar-refractivity contribution in [2.45, 2.75) is 13.8 Å². The summed E-state index contributed by atoms with van der Waals surface area (Å²) in [5.74, 6) is -0.608. The van der Waals surface area contributed by atoms with Crippen molar-refractivity contribution in [2.75, 3.05) is 4.90 Å². The molecule has 6 heteroatoms. The maximum atomic E-state index is 13.3. The predicted octanol–water partition coefficient (Wildman–Crippen LogP) is 7.47. The number of amides is 1. The number of para-hydroxylation sites is 2. The van der Waals surface area contributed by atoms with Crippen LogP contribution in [-0.4, -0.2) is 16.7 Å². The van der Waals surface area contributed by atoms with E-state index in [-0.39, 0.29) is 11.7 Å². The van der Waals surface area contributed by atoms with E-state index in [2.05, 4.69) is 39.7 Å². The van der Waals surface area contributed by atoms with Crippen LogP contribution in [0.3, 0.4) is 0 Å². The number of rotatable bonds is 7. The molecule has 5 aromatic rings. The molecule has 5 nitrogen and oxygen atoms in total. The molecule has 5 rings (SSSR count). The number of carbonyl (C=O) groups is 1. The number of hydrogen-bond donors (Lipinski definition) is 1. The van der Waals surface area contributed by atoms with Gasteiger partial charge in [-0.15, -0.1) is 0 Å². The summed E-state index contributed by atoms with van der Waals surface area (Å²) in [6.07, 6.45) is 1.62. The minimum Gasteiger partial charge on any atom is -0.318 e. The molecule has 0 atom stereocenters. The molecule has 0 unspecified atom stereocenters. The van der Waals surface area contributed by atoms with E-state index in [0.717, 1.165) is 39.7 Å². The topological polar surface area (TPSA) is 49.6 Å². The van der Waals surface area contributed by atoms with Gasteiger partial charge in [0.2, 0.25) is 0 Å². The summed E-state index contributed by atoms with van der Waals surface area (Å²) in [5, 5.41) is 4.18. The third kappa shape index (κ3) is 5.25. The highest BCUT2D eigenvalue weighted by Crippen LogP contribution is 2.33. The highest BCUT2D eigenvalue weighted by molar-refractivity contribution is 5.96. The largest absolute Gasteiger partial charge is 0.318 e. The van der Waals surface area contributed by atoms with Gasteiger partial charge in [0.25, 0.3) is 5.91 Å². The van der Waals surface area contributed by atoms with Crippen LogP contribution in [0, 0.1) is 19.7 Å². The fourth-order valence-electron chi connectivity index (χ4n) is 4.52. The lowest BCUT2D eigenvalue weighted by Crippen LogP contribution is -2.18. The van der Waals surface area contributed by atoms with Gasteiger partial charge < -0.3 is 9.47 Å². The molecule has 38 heavy (non-hydrogen) atoms. The molecule has 0 radical (unpaired) electrons. The molecule has 0 saturated carbocycles. The van der Waals surface area contributed by atoms with Gasteiger partial charge in [-0.05, 0) is 86.1 Å². The first-order valence-electron chi connectivity index (χ1n) is 12.3. The summed E-state index contributed by atoms with van der Waals surface area (Å²) in [6, 6.07) is 36.4. The van der Waals surface area contributed by atoms with Crippen LogP contribution in [-0.2, 0) is 0 Å². The molecule has 0 saturated heterocycles. The molecule has 1 amide bonds. The van der Waals surface area contributed by atoms with Gasteiger partial charge in [0.1, 0.15) is 5.82 Å². The Balaban J connectivity index is 1.31. The maximum Gasteiger partial charge on any atom is 0.273 e. The Labute approximate surface area is 221 Å². The molecule has 1 aromatic heterocycles. The highest BCUT2D eigenvalue weighted by atomic mass is 19.1. The van der Waals surface area contributed by atoms with Gasteiger partial charge in [0, 0.05) is 34.1 Å². The Hall–Kier alpha value is -4.97. The van der Waals surface area contributed by atoms with E-state index in [1.54, 1.807) is 24.4 Å². The van der Waals surface area contributed by atoms with Crippen LogP contribution < -0.4 is 10.3 Å². The van der Waals surface area contributed by atoms with Gasteiger partial charge >= 0.3 is 0 Å². The van der Waals surface area contributed by atoms with Gasteiger partial charge in [-0.3, -0.25) is 4.79 Å².